The maximum Gasteiger partial charge on any atom is 0.128 e. The first-order valence-electron chi connectivity index (χ1n) is 10.0. The summed E-state index contributed by atoms with van der Waals surface area (Å²) in [7, 11) is 1.67. The molecule has 27 heavy (non-hydrogen) atoms. The van der Waals surface area contributed by atoms with Crippen LogP contribution >= 0.6 is 0 Å². The zero-order valence-corrected chi connectivity index (χ0v) is 16.3. The number of methoxy groups -OCH3 is 1. The summed E-state index contributed by atoms with van der Waals surface area (Å²) >= 11 is 0. The molecule has 144 valence electrons. The summed E-state index contributed by atoms with van der Waals surface area (Å²) < 4.78 is 5.25. The minimum absolute atomic E-state index is 0.408. The van der Waals surface area contributed by atoms with Crippen molar-refractivity contribution in [2.75, 3.05) is 7.11 Å². The Morgan fingerprint density at radius 2 is 1.74 bits per heavy atom. The van der Waals surface area contributed by atoms with E-state index in [1.807, 2.05) is 36.7 Å². The van der Waals surface area contributed by atoms with Crippen LogP contribution < -0.4 is 4.74 Å². The van der Waals surface area contributed by atoms with E-state index in [1.165, 1.54) is 5.56 Å². The van der Waals surface area contributed by atoms with E-state index in [0.29, 0.717) is 12.1 Å². The lowest BCUT2D eigenvalue weighted by Crippen LogP contribution is -2.49. The molecule has 4 rings (SSSR count). The number of hydrogen-bond acceptors (Lipinski definition) is 5. The zero-order chi connectivity index (χ0) is 18.9. The van der Waals surface area contributed by atoms with Gasteiger partial charge in [-0.2, -0.15) is 0 Å². The Morgan fingerprint density at radius 3 is 2.30 bits per heavy atom. The molecule has 1 N–H and O–H groups in total. The first-order chi connectivity index (χ1) is 13.1. The van der Waals surface area contributed by atoms with E-state index in [4.69, 9.17) is 4.74 Å². The summed E-state index contributed by atoms with van der Waals surface area (Å²) in [6.07, 6.45) is 9.82. The zero-order valence-electron chi connectivity index (χ0n) is 16.3. The highest BCUT2D eigenvalue weighted by atomic mass is 16.5. The van der Waals surface area contributed by atoms with Gasteiger partial charge in [-0.25, -0.2) is 9.97 Å². The number of ether oxygens (including phenoxy) is 1. The largest absolute Gasteiger partial charge is 0.497 e. The molecule has 0 saturated carbocycles. The number of hydrogen-bond donors (Lipinski definition) is 1. The van der Waals surface area contributed by atoms with Gasteiger partial charge in [0.15, 0.2) is 0 Å². The molecule has 2 saturated heterocycles. The van der Waals surface area contributed by atoms with Crippen LogP contribution in [0, 0.1) is 0 Å². The fourth-order valence-electron chi connectivity index (χ4n) is 4.74. The summed E-state index contributed by atoms with van der Waals surface area (Å²) in [6, 6.07) is 8.72. The van der Waals surface area contributed by atoms with E-state index in [-0.39, 0.29) is 0 Å². The molecule has 2 fully saturated rings. The predicted octanol–water partition coefficient (Wildman–Crippen LogP) is 3.45. The highest BCUT2D eigenvalue weighted by Crippen LogP contribution is 2.46. The molecular weight excluding hydrogens is 338 g/mol. The lowest BCUT2D eigenvalue weighted by atomic mass is 9.80. The minimum atomic E-state index is -0.740. The fourth-order valence-corrected chi connectivity index (χ4v) is 4.74. The van der Waals surface area contributed by atoms with E-state index in [1.54, 1.807) is 7.11 Å². The highest BCUT2D eigenvalue weighted by molar-refractivity contribution is 5.32. The number of benzene rings is 1. The van der Waals surface area contributed by atoms with Crippen molar-refractivity contribution in [2.24, 2.45) is 0 Å². The molecule has 2 aromatic rings. The Morgan fingerprint density at radius 1 is 1.11 bits per heavy atom. The number of fused-ring (bicyclic) bond motifs is 2. The molecule has 5 heteroatoms. The van der Waals surface area contributed by atoms with E-state index in [0.717, 1.165) is 62.2 Å². The van der Waals surface area contributed by atoms with E-state index < -0.39 is 5.60 Å². The number of aromatic nitrogens is 2. The standard InChI is InChI=1S/C22H29N3O2/c1-3-4-21-23-13-16(14-24-21)15-25-18-7-8-19(25)12-22(26,11-18)17-5-9-20(27-2)10-6-17/h5-6,9-10,13-14,18-19,26H,3-4,7-8,11-12,15H2,1-2H3/t18-,19+,22?. The van der Waals surface area contributed by atoms with Gasteiger partial charge in [0, 0.05) is 43.0 Å². The van der Waals surface area contributed by atoms with Crippen molar-refractivity contribution in [3.8, 4) is 5.75 Å². The van der Waals surface area contributed by atoms with Gasteiger partial charge in [0.1, 0.15) is 11.6 Å². The Balaban J connectivity index is 1.46. The molecule has 2 aliphatic heterocycles. The van der Waals surface area contributed by atoms with Gasteiger partial charge in [-0.15, -0.1) is 0 Å². The Labute approximate surface area is 161 Å². The lowest BCUT2D eigenvalue weighted by molar-refractivity contribution is -0.0595. The second-order valence-corrected chi connectivity index (χ2v) is 7.98. The number of piperidine rings is 1. The van der Waals surface area contributed by atoms with Gasteiger partial charge in [-0.05, 0) is 49.8 Å². The number of aliphatic hydroxyl groups is 1. The SMILES string of the molecule is CCCc1ncc(CN2[C@@H]3CC[C@H]2CC(O)(c2ccc(OC)cc2)C3)cn1. The molecule has 5 nitrogen and oxygen atoms in total. The van der Waals surface area contributed by atoms with Crippen LogP contribution in [0.1, 0.15) is 56.0 Å². The van der Waals surface area contributed by atoms with Crippen molar-refractivity contribution >= 4 is 0 Å². The normalized spacial score (nSPS) is 27.7. The smallest absolute Gasteiger partial charge is 0.128 e. The van der Waals surface area contributed by atoms with Gasteiger partial charge in [0.05, 0.1) is 12.7 Å². The molecule has 1 aromatic carbocycles. The van der Waals surface area contributed by atoms with Crippen LogP contribution in [0.25, 0.3) is 0 Å². The summed E-state index contributed by atoms with van der Waals surface area (Å²) in [6.45, 7) is 3.02. The van der Waals surface area contributed by atoms with E-state index in [9.17, 15) is 5.11 Å². The first kappa shape index (κ1) is 18.4. The van der Waals surface area contributed by atoms with Crippen LogP contribution in [0.5, 0.6) is 5.75 Å². The maximum atomic E-state index is 11.4. The molecule has 0 radical (unpaired) electrons. The van der Waals surface area contributed by atoms with Crippen molar-refractivity contribution in [2.45, 2.75) is 69.7 Å². The number of rotatable bonds is 6. The van der Waals surface area contributed by atoms with Crippen LogP contribution in [0.2, 0.25) is 0 Å². The molecule has 0 amide bonds. The third-order valence-corrected chi connectivity index (χ3v) is 6.14. The molecular formula is C22H29N3O2. The summed E-state index contributed by atoms with van der Waals surface area (Å²) in [5.41, 5.74) is 1.43. The fraction of sp³-hybridized carbons (Fsp3) is 0.545. The summed E-state index contributed by atoms with van der Waals surface area (Å²) in [5, 5.41) is 11.4. The van der Waals surface area contributed by atoms with Crippen molar-refractivity contribution < 1.29 is 9.84 Å². The van der Waals surface area contributed by atoms with Crippen molar-refractivity contribution in [1.29, 1.82) is 0 Å². The first-order valence-corrected chi connectivity index (χ1v) is 10.0. The van der Waals surface area contributed by atoms with E-state index >= 15 is 0 Å². The third-order valence-electron chi connectivity index (χ3n) is 6.14. The highest BCUT2D eigenvalue weighted by Gasteiger charge is 2.48. The Hall–Kier alpha value is -1.98. The number of aryl methyl sites for hydroxylation is 1. The minimum Gasteiger partial charge on any atom is -0.497 e. The van der Waals surface area contributed by atoms with Crippen LogP contribution in [0.4, 0.5) is 0 Å². The second kappa shape index (κ2) is 7.56. The molecule has 0 spiro atoms. The predicted molar refractivity (Wildman–Crippen MR) is 105 cm³/mol. The Bertz CT molecular complexity index is 746. The maximum absolute atomic E-state index is 11.4. The quantitative estimate of drug-likeness (QED) is 0.847. The Kier molecular flexibility index (Phi) is 5.15. The van der Waals surface area contributed by atoms with Crippen LogP contribution in [-0.2, 0) is 18.6 Å². The average molecular weight is 367 g/mol. The average Bonchev–Trinajstić information content (AvgIpc) is 2.93. The van der Waals surface area contributed by atoms with E-state index in [2.05, 4.69) is 21.8 Å². The van der Waals surface area contributed by atoms with Gasteiger partial charge in [-0.3, -0.25) is 4.90 Å². The third kappa shape index (κ3) is 3.71. The van der Waals surface area contributed by atoms with Crippen LogP contribution in [-0.4, -0.2) is 39.2 Å². The van der Waals surface area contributed by atoms with Gasteiger partial charge in [0.2, 0.25) is 0 Å². The van der Waals surface area contributed by atoms with Gasteiger partial charge in [-0.1, -0.05) is 19.1 Å². The summed E-state index contributed by atoms with van der Waals surface area (Å²) in [4.78, 5) is 11.5. The summed E-state index contributed by atoms with van der Waals surface area (Å²) in [5.74, 6) is 1.76. The van der Waals surface area contributed by atoms with Crippen LogP contribution in [0.3, 0.4) is 0 Å². The van der Waals surface area contributed by atoms with Crippen molar-refractivity contribution in [3.63, 3.8) is 0 Å². The molecule has 2 bridgehead atoms. The van der Waals surface area contributed by atoms with Gasteiger partial charge >= 0.3 is 0 Å². The van der Waals surface area contributed by atoms with Crippen molar-refractivity contribution in [1.82, 2.24) is 14.9 Å². The molecule has 1 unspecified atom stereocenters. The lowest BCUT2D eigenvalue weighted by Gasteiger charge is -2.44. The molecule has 3 heterocycles. The van der Waals surface area contributed by atoms with Crippen molar-refractivity contribution in [3.05, 3.63) is 53.6 Å². The monoisotopic (exact) mass is 367 g/mol. The molecule has 0 aliphatic carbocycles. The topological polar surface area (TPSA) is 58.5 Å². The van der Waals surface area contributed by atoms with Crippen LogP contribution in [0.15, 0.2) is 36.7 Å². The van der Waals surface area contributed by atoms with Gasteiger partial charge in [0.25, 0.3) is 0 Å². The van der Waals surface area contributed by atoms with Gasteiger partial charge < -0.3 is 9.84 Å². The number of nitrogens with zero attached hydrogens (tertiary/aromatic N) is 3. The molecule has 3 atom stereocenters. The molecule has 1 aromatic heterocycles. The molecule has 2 aliphatic rings. The second-order valence-electron chi connectivity index (χ2n) is 7.98.